The molecule has 0 saturated heterocycles. The Morgan fingerprint density at radius 3 is 2.62 bits per heavy atom. The molecule has 2 rings (SSSR count). The SMILES string of the molecule is CC(C)CC1OC(c2ccccc2)=NC1=O. The fourth-order valence-electron chi connectivity index (χ4n) is 1.67. The Balaban J connectivity index is 2.11. The van der Waals surface area contributed by atoms with Gasteiger partial charge in [-0.15, -0.1) is 0 Å². The van der Waals surface area contributed by atoms with Crippen molar-refractivity contribution >= 4 is 11.8 Å². The molecular weight excluding hydrogens is 202 g/mol. The van der Waals surface area contributed by atoms with Crippen LogP contribution < -0.4 is 0 Å². The summed E-state index contributed by atoms with van der Waals surface area (Å²) in [5.74, 6) is 0.725. The summed E-state index contributed by atoms with van der Waals surface area (Å²) in [6.07, 6.45) is 0.328. The smallest absolute Gasteiger partial charge is 0.290 e. The number of hydrogen-bond acceptors (Lipinski definition) is 2. The molecule has 1 aromatic rings. The highest BCUT2D eigenvalue weighted by atomic mass is 16.5. The van der Waals surface area contributed by atoms with Crippen LogP contribution in [0.5, 0.6) is 0 Å². The number of benzene rings is 1. The van der Waals surface area contributed by atoms with Crippen molar-refractivity contribution < 1.29 is 9.53 Å². The molecule has 84 valence electrons. The summed E-state index contributed by atoms with van der Waals surface area (Å²) in [4.78, 5) is 15.5. The first-order chi connectivity index (χ1) is 7.66. The summed E-state index contributed by atoms with van der Waals surface area (Å²) in [6, 6.07) is 9.52. The standard InChI is InChI=1S/C13H15NO2/c1-9(2)8-11-12(15)14-13(16-11)10-6-4-3-5-7-10/h3-7,9,11H,8H2,1-2H3. The van der Waals surface area contributed by atoms with Gasteiger partial charge in [0.15, 0.2) is 6.10 Å². The molecule has 1 amide bonds. The Hall–Kier alpha value is -1.64. The molecule has 1 aliphatic heterocycles. The van der Waals surface area contributed by atoms with Gasteiger partial charge >= 0.3 is 0 Å². The van der Waals surface area contributed by atoms with E-state index in [0.29, 0.717) is 11.8 Å². The van der Waals surface area contributed by atoms with Crippen LogP contribution >= 0.6 is 0 Å². The molecule has 3 nitrogen and oxygen atoms in total. The van der Waals surface area contributed by atoms with Crippen LogP contribution in [0.25, 0.3) is 0 Å². The van der Waals surface area contributed by atoms with Gasteiger partial charge in [0.1, 0.15) is 0 Å². The molecule has 0 bridgehead atoms. The van der Waals surface area contributed by atoms with E-state index in [4.69, 9.17) is 4.74 Å². The number of amides is 1. The van der Waals surface area contributed by atoms with Crippen molar-refractivity contribution in [2.45, 2.75) is 26.4 Å². The zero-order valence-electron chi connectivity index (χ0n) is 9.51. The summed E-state index contributed by atoms with van der Waals surface area (Å²) < 4.78 is 5.57. The van der Waals surface area contributed by atoms with Gasteiger partial charge in [0.2, 0.25) is 5.90 Å². The summed E-state index contributed by atoms with van der Waals surface area (Å²) in [7, 11) is 0. The molecule has 1 aromatic carbocycles. The molecule has 1 heterocycles. The van der Waals surface area contributed by atoms with Crippen molar-refractivity contribution in [3.05, 3.63) is 35.9 Å². The predicted molar refractivity (Wildman–Crippen MR) is 62.3 cm³/mol. The number of carbonyl (C=O) groups excluding carboxylic acids is 1. The molecule has 1 atom stereocenters. The number of hydrogen-bond donors (Lipinski definition) is 0. The minimum absolute atomic E-state index is 0.160. The van der Waals surface area contributed by atoms with Crippen LogP contribution in [0.1, 0.15) is 25.8 Å². The van der Waals surface area contributed by atoms with E-state index in [1.165, 1.54) is 0 Å². The van der Waals surface area contributed by atoms with Crippen LogP contribution in [0.2, 0.25) is 0 Å². The van der Waals surface area contributed by atoms with E-state index < -0.39 is 6.10 Å². The molecule has 16 heavy (non-hydrogen) atoms. The van der Waals surface area contributed by atoms with E-state index in [1.54, 1.807) is 0 Å². The first kappa shape index (κ1) is 10.9. The Kier molecular flexibility index (Phi) is 3.04. The number of nitrogens with zero attached hydrogens (tertiary/aromatic N) is 1. The van der Waals surface area contributed by atoms with Crippen molar-refractivity contribution in [3.8, 4) is 0 Å². The largest absolute Gasteiger partial charge is 0.464 e. The zero-order valence-corrected chi connectivity index (χ0v) is 9.51. The van der Waals surface area contributed by atoms with Gasteiger partial charge in [-0.2, -0.15) is 4.99 Å². The Bertz CT molecular complexity index is 409. The number of aliphatic imine (C=N–C) groups is 1. The molecule has 1 aliphatic rings. The van der Waals surface area contributed by atoms with Crippen molar-refractivity contribution in [1.29, 1.82) is 0 Å². The van der Waals surface area contributed by atoms with Crippen LogP contribution in [0.15, 0.2) is 35.3 Å². The van der Waals surface area contributed by atoms with Crippen LogP contribution in [-0.4, -0.2) is 17.9 Å². The highest BCUT2D eigenvalue weighted by Crippen LogP contribution is 2.18. The number of carbonyl (C=O) groups is 1. The lowest BCUT2D eigenvalue weighted by molar-refractivity contribution is -0.123. The maximum atomic E-state index is 11.6. The zero-order chi connectivity index (χ0) is 11.5. The minimum Gasteiger partial charge on any atom is -0.464 e. The van der Waals surface area contributed by atoms with Gasteiger partial charge in [-0.05, 0) is 24.5 Å². The Labute approximate surface area is 95.2 Å². The van der Waals surface area contributed by atoms with Gasteiger partial charge in [0.05, 0.1) is 0 Å². The molecule has 0 N–H and O–H groups in total. The third-order valence-electron chi connectivity index (χ3n) is 2.45. The molecule has 0 saturated carbocycles. The monoisotopic (exact) mass is 217 g/mol. The first-order valence-electron chi connectivity index (χ1n) is 5.51. The second kappa shape index (κ2) is 4.47. The van der Waals surface area contributed by atoms with E-state index in [0.717, 1.165) is 12.0 Å². The van der Waals surface area contributed by atoms with Gasteiger partial charge in [0, 0.05) is 5.56 Å². The molecular formula is C13H15NO2. The Morgan fingerprint density at radius 1 is 1.31 bits per heavy atom. The molecule has 3 heteroatoms. The van der Waals surface area contributed by atoms with Crippen LogP contribution in [0.4, 0.5) is 0 Å². The lowest BCUT2D eigenvalue weighted by Gasteiger charge is -2.11. The molecule has 0 spiro atoms. The number of ether oxygens (including phenoxy) is 1. The first-order valence-corrected chi connectivity index (χ1v) is 5.51. The van der Waals surface area contributed by atoms with Gasteiger partial charge in [-0.25, -0.2) is 0 Å². The lowest BCUT2D eigenvalue weighted by atomic mass is 10.1. The average molecular weight is 217 g/mol. The fraction of sp³-hybridized carbons (Fsp3) is 0.385. The summed E-state index contributed by atoms with van der Waals surface area (Å²) >= 11 is 0. The molecule has 1 unspecified atom stereocenters. The highest BCUT2D eigenvalue weighted by molar-refractivity contribution is 6.07. The maximum absolute atomic E-state index is 11.6. The summed E-state index contributed by atoms with van der Waals surface area (Å²) in [5, 5.41) is 0. The Morgan fingerprint density at radius 2 is 2.00 bits per heavy atom. The van der Waals surface area contributed by atoms with E-state index in [9.17, 15) is 4.79 Å². The normalized spacial score (nSPS) is 19.8. The fourth-order valence-corrected chi connectivity index (χ4v) is 1.67. The highest BCUT2D eigenvalue weighted by Gasteiger charge is 2.29. The van der Waals surface area contributed by atoms with Crippen molar-refractivity contribution in [1.82, 2.24) is 0 Å². The summed E-state index contributed by atoms with van der Waals surface area (Å²) in [6.45, 7) is 4.13. The van der Waals surface area contributed by atoms with Crippen LogP contribution in [0.3, 0.4) is 0 Å². The van der Waals surface area contributed by atoms with Crippen molar-refractivity contribution in [3.63, 3.8) is 0 Å². The third kappa shape index (κ3) is 2.30. The number of rotatable bonds is 3. The van der Waals surface area contributed by atoms with E-state index in [-0.39, 0.29) is 5.91 Å². The van der Waals surface area contributed by atoms with Crippen molar-refractivity contribution in [2.75, 3.05) is 0 Å². The van der Waals surface area contributed by atoms with E-state index >= 15 is 0 Å². The van der Waals surface area contributed by atoms with Crippen LogP contribution in [0, 0.1) is 5.92 Å². The average Bonchev–Trinajstić information content (AvgIpc) is 2.61. The lowest BCUT2D eigenvalue weighted by Crippen LogP contribution is -2.20. The summed E-state index contributed by atoms with van der Waals surface area (Å²) in [5.41, 5.74) is 0.863. The third-order valence-corrected chi connectivity index (χ3v) is 2.45. The second-order valence-electron chi connectivity index (χ2n) is 4.36. The molecule has 0 aliphatic carbocycles. The molecule has 0 fully saturated rings. The minimum atomic E-state index is -0.393. The molecule has 0 radical (unpaired) electrons. The van der Waals surface area contributed by atoms with Crippen LogP contribution in [-0.2, 0) is 9.53 Å². The van der Waals surface area contributed by atoms with Gasteiger partial charge in [-0.1, -0.05) is 32.0 Å². The predicted octanol–water partition coefficient (Wildman–Crippen LogP) is 2.40. The van der Waals surface area contributed by atoms with Gasteiger partial charge < -0.3 is 4.74 Å². The van der Waals surface area contributed by atoms with E-state index in [1.807, 2.05) is 30.3 Å². The molecule has 0 aromatic heterocycles. The van der Waals surface area contributed by atoms with Crippen molar-refractivity contribution in [2.24, 2.45) is 10.9 Å². The van der Waals surface area contributed by atoms with E-state index in [2.05, 4.69) is 18.8 Å². The van der Waals surface area contributed by atoms with Gasteiger partial charge in [-0.3, -0.25) is 4.79 Å². The topological polar surface area (TPSA) is 38.7 Å². The maximum Gasteiger partial charge on any atom is 0.290 e. The van der Waals surface area contributed by atoms with Gasteiger partial charge in [0.25, 0.3) is 5.91 Å². The second-order valence-corrected chi connectivity index (χ2v) is 4.36. The quantitative estimate of drug-likeness (QED) is 0.779.